The zero-order valence-electron chi connectivity index (χ0n) is 9.96. The van der Waals surface area contributed by atoms with Gasteiger partial charge < -0.3 is 4.74 Å². The van der Waals surface area contributed by atoms with Gasteiger partial charge >= 0.3 is 5.97 Å². The van der Waals surface area contributed by atoms with Crippen LogP contribution in [0, 0.1) is 0 Å². The van der Waals surface area contributed by atoms with Crippen LogP contribution in [0.2, 0.25) is 0 Å². The highest BCUT2D eigenvalue weighted by Gasteiger charge is 2.21. The molecular formula is C12H14O5S. The fraction of sp³-hybridized carbons (Fsp3) is 0.333. The number of carbonyl (C=O) groups is 2. The Labute approximate surface area is 106 Å². The van der Waals surface area contributed by atoms with Gasteiger partial charge in [-0.2, -0.15) is 0 Å². The molecule has 0 unspecified atom stereocenters. The lowest BCUT2D eigenvalue weighted by Gasteiger charge is -2.03. The number of hydrogen-bond donors (Lipinski definition) is 0. The van der Waals surface area contributed by atoms with Crippen LogP contribution in [0.25, 0.3) is 0 Å². The molecule has 0 aliphatic carbocycles. The maximum absolute atomic E-state index is 11.6. The van der Waals surface area contributed by atoms with Crippen molar-refractivity contribution in [2.75, 3.05) is 18.6 Å². The molecule has 0 aliphatic heterocycles. The summed E-state index contributed by atoms with van der Waals surface area (Å²) in [6, 6.07) is 8.83. The Hall–Kier alpha value is -1.69. The molecule has 18 heavy (non-hydrogen) atoms. The first-order valence-electron chi connectivity index (χ1n) is 5.26. The van der Waals surface area contributed by atoms with Crippen LogP contribution in [0.3, 0.4) is 0 Å². The second-order valence-corrected chi connectivity index (χ2v) is 5.87. The highest BCUT2D eigenvalue weighted by atomic mass is 32.2. The van der Waals surface area contributed by atoms with Crippen LogP contribution in [-0.4, -0.2) is 38.8 Å². The van der Waals surface area contributed by atoms with Crippen LogP contribution in [0.15, 0.2) is 30.3 Å². The average Bonchev–Trinajstić information content (AvgIpc) is 2.28. The van der Waals surface area contributed by atoms with E-state index in [4.69, 9.17) is 0 Å². The topological polar surface area (TPSA) is 77.5 Å². The number of Topliss-reactive ketones (excluding diaryl/α,β-unsaturated/α-hetero) is 1. The van der Waals surface area contributed by atoms with E-state index in [-0.39, 0.29) is 6.42 Å². The van der Waals surface area contributed by atoms with Crippen LogP contribution in [-0.2, 0) is 30.6 Å². The number of carbonyl (C=O) groups excluding carboxylic acids is 2. The molecule has 0 N–H and O–H groups in total. The van der Waals surface area contributed by atoms with E-state index < -0.39 is 33.1 Å². The monoisotopic (exact) mass is 270 g/mol. The SMILES string of the molecule is COC(=O)CS(=O)(=O)CC(=O)Cc1ccccc1. The van der Waals surface area contributed by atoms with Crippen LogP contribution in [0.1, 0.15) is 5.56 Å². The van der Waals surface area contributed by atoms with Crippen molar-refractivity contribution in [3.63, 3.8) is 0 Å². The largest absolute Gasteiger partial charge is 0.468 e. The number of hydrogen-bond acceptors (Lipinski definition) is 5. The van der Waals surface area contributed by atoms with Gasteiger partial charge in [0.15, 0.2) is 15.6 Å². The second-order valence-electron chi connectivity index (χ2n) is 3.81. The number of esters is 1. The molecule has 1 aromatic rings. The number of sulfone groups is 1. The molecule has 0 fully saturated rings. The Bertz CT molecular complexity index is 519. The summed E-state index contributed by atoms with van der Waals surface area (Å²) < 4.78 is 27.2. The maximum Gasteiger partial charge on any atom is 0.320 e. The van der Waals surface area contributed by atoms with Crippen molar-refractivity contribution in [2.45, 2.75) is 6.42 Å². The van der Waals surface area contributed by atoms with Crippen LogP contribution in [0.4, 0.5) is 0 Å². The van der Waals surface area contributed by atoms with Crippen molar-refractivity contribution in [1.82, 2.24) is 0 Å². The summed E-state index contributed by atoms with van der Waals surface area (Å²) in [6.07, 6.45) is 0.0429. The molecule has 0 saturated heterocycles. The summed E-state index contributed by atoms with van der Waals surface area (Å²) in [7, 11) is -2.64. The van der Waals surface area contributed by atoms with E-state index >= 15 is 0 Å². The van der Waals surface area contributed by atoms with E-state index in [0.717, 1.165) is 12.7 Å². The van der Waals surface area contributed by atoms with Gasteiger partial charge in [0.2, 0.25) is 0 Å². The molecule has 98 valence electrons. The number of rotatable bonds is 6. The van der Waals surface area contributed by atoms with Crippen LogP contribution < -0.4 is 0 Å². The summed E-state index contributed by atoms with van der Waals surface area (Å²) in [5.74, 6) is -2.70. The highest BCUT2D eigenvalue weighted by Crippen LogP contribution is 2.02. The van der Waals surface area contributed by atoms with E-state index in [1.54, 1.807) is 24.3 Å². The van der Waals surface area contributed by atoms with Crippen molar-refractivity contribution in [2.24, 2.45) is 0 Å². The lowest BCUT2D eigenvalue weighted by atomic mass is 10.1. The van der Waals surface area contributed by atoms with Gasteiger partial charge in [0.25, 0.3) is 0 Å². The van der Waals surface area contributed by atoms with Crippen LogP contribution >= 0.6 is 0 Å². The first-order valence-corrected chi connectivity index (χ1v) is 7.08. The van der Waals surface area contributed by atoms with Crippen molar-refractivity contribution in [3.05, 3.63) is 35.9 Å². The third-order valence-corrected chi connectivity index (χ3v) is 3.63. The van der Waals surface area contributed by atoms with Gasteiger partial charge in [-0.15, -0.1) is 0 Å². The zero-order valence-corrected chi connectivity index (χ0v) is 10.8. The summed E-state index contributed by atoms with van der Waals surface area (Å²) in [4.78, 5) is 22.4. The lowest BCUT2D eigenvalue weighted by molar-refractivity contribution is -0.137. The lowest BCUT2D eigenvalue weighted by Crippen LogP contribution is -2.25. The van der Waals surface area contributed by atoms with Crippen LogP contribution in [0.5, 0.6) is 0 Å². The Morgan fingerprint density at radius 2 is 1.72 bits per heavy atom. The zero-order chi connectivity index (χ0) is 13.6. The van der Waals surface area contributed by atoms with Gasteiger partial charge in [-0.05, 0) is 5.56 Å². The first kappa shape index (κ1) is 14.4. The smallest absolute Gasteiger partial charge is 0.320 e. The summed E-state index contributed by atoms with van der Waals surface area (Å²) in [5.41, 5.74) is 0.746. The summed E-state index contributed by atoms with van der Waals surface area (Å²) >= 11 is 0. The summed E-state index contributed by atoms with van der Waals surface area (Å²) in [6.45, 7) is 0. The number of ether oxygens (including phenoxy) is 1. The van der Waals surface area contributed by atoms with Gasteiger partial charge in [-0.25, -0.2) is 8.42 Å². The third kappa shape index (κ3) is 5.09. The van der Waals surface area contributed by atoms with Gasteiger partial charge in [0.1, 0.15) is 11.5 Å². The number of ketones is 1. The van der Waals surface area contributed by atoms with E-state index in [1.807, 2.05) is 6.07 Å². The molecule has 1 aromatic carbocycles. The highest BCUT2D eigenvalue weighted by molar-refractivity contribution is 7.92. The third-order valence-electron chi connectivity index (χ3n) is 2.19. The van der Waals surface area contributed by atoms with Gasteiger partial charge in [0.05, 0.1) is 7.11 Å². The van der Waals surface area contributed by atoms with Crippen molar-refractivity contribution in [1.29, 1.82) is 0 Å². The fourth-order valence-electron chi connectivity index (χ4n) is 1.41. The molecule has 0 saturated carbocycles. The van der Waals surface area contributed by atoms with Gasteiger partial charge in [-0.1, -0.05) is 30.3 Å². The Morgan fingerprint density at radius 1 is 1.11 bits per heavy atom. The molecule has 0 spiro atoms. The normalized spacial score (nSPS) is 10.9. The number of methoxy groups -OCH3 is 1. The standard InChI is InChI=1S/C12H14O5S/c1-17-12(14)9-18(15,16)8-11(13)7-10-5-3-2-4-6-10/h2-6H,7-9H2,1H3. The van der Waals surface area contributed by atoms with Crippen molar-refractivity contribution in [3.8, 4) is 0 Å². The molecule has 1 rings (SSSR count). The van der Waals surface area contributed by atoms with E-state index in [9.17, 15) is 18.0 Å². The minimum atomic E-state index is -3.74. The molecule has 0 aliphatic rings. The molecule has 6 heteroatoms. The van der Waals surface area contributed by atoms with Crippen molar-refractivity contribution < 1.29 is 22.7 Å². The molecule has 5 nitrogen and oxygen atoms in total. The molecule has 0 radical (unpaired) electrons. The molecule has 0 bridgehead atoms. The van der Waals surface area contributed by atoms with E-state index in [0.29, 0.717) is 0 Å². The Balaban J connectivity index is 2.57. The van der Waals surface area contributed by atoms with Gasteiger partial charge in [-0.3, -0.25) is 9.59 Å². The summed E-state index contributed by atoms with van der Waals surface area (Å²) in [5, 5.41) is 0. The Kier molecular flexibility index (Phi) is 5.03. The fourth-order valence-corrected chi connectivity index (χ4v) is 2.58. The number of benzene rings is 1. The molecule has 0 aromatic heterocycles. The minimum Gasteiger partial charge on any atom is -0.468 e. The molecule has 0 heterocycles. The second kappa shape index (κ2) is 6.30. The van der Waals surface area contributed by atoms with Gasteiger partial charge in [0, 0.05) is 6.42 Å². The first-order chi connectivity index (χ1) is 8.43. The average molecular weight is 270 g/mol. The maximum atomic E-state index is 11.6. The van der Waals surface area contributed by atoms with Crippen molar-refractivity contribution >= 4 is 21.6 Å². The predicted molar refractivity (Wildman–Crippen MR) is 65.8 cm³/mol. The quantitative estimate of drug-likeness (QED) is 0.699. The minimum absolute atomic E-state index is 0.0429. The molecule has 0 atom stereocenters. The van der Waals surface area contributed by atoms with E-state index in [1.165, 1.54) is 0 Å². The predicted octanol–water partition coefficient (Wildman–Crippen LogP) is 0.386. The molecular weight excluding hydrogens is 256 g/mol. The molecule has 0 amide bonds. The Morgan fingerprint density at radius 3 is 2.28 bits per heavy atom. The van der Waals surface area contributed by atoms with E-state index in [2.05, 4.69) is 4.74 Å².